The first-order chi connectivity index (χ1) is 9.52. The number of aromatic nitrogens is 2. The zero-order valence-corrected chi connectivity index (χ0v) is 11.7. The SMILES string of the molecule is CN(CC(=O)Nc1cccc(N)c1)Cc1cnn(C)c1. The summed E-state index contributed by atoms with van der Waals surface area (Å²) in [7, 11) is 3.77. The van der Waals surface area contributed by atoms with Crippen molar-refractivity contribution in [2.75, 3.05) is 24.6 Å². The number of benzene rings is 1. The molecule has 0 fully saturated rings. The van der Waals surface area contributed by atoms with E-state index in [1.54, 1.807) is 23.0 Å². The van der Waals surface area contributed by atoms with Crippen molar-refractivity contribution < 1.29 is 4.79 Å². The summed E-state index contributed by atoms with van der Waals surface area (Å²) >= 11 is 0. The fourth-order valence-electron chi connectivity index (χ4n) is 1.98. The van der Waals surface area contributed by atoms with Crippen LogP contribution in [0.15, 0.2) is 36.7 Å². The summed E-state index contributed by atoms with van der Waals surface area (Å²) in [4.78, 5) is 13.8. The second-order valence-electron chi connectivity index (χ2n) is 4.87. The Bertz CT molecular complexity index is 593. The Morgan fingerprint density at radius 1 is 1.50 bits per heavy atom. The molecule has 6 heteroatoms. The summed E-state index contributed by atoms with van der Waals surface area (Å²) in [6.07, 6.45) is 3.73. The molecule has 0 radical (unpaired) electrons. The van der Waals surface area contributed by atoms with Gasteiger partial charge in [0.15, 0.2) is 0 Å². The molecule has 0 aliphatic heterocycles. The van der Waals surface area contributed by atoms with Gasteiger partial charge in [0.2, 0.25) is 5.91 Å². The van der Waals surface area contributed by atoms with Crippen molar-refractivity contribution in [3.63, 3.8) is 0 Å². The molecule has 0 spiro atoms. The maximum absolute atomic E-state index is 11.9. The van der Waals surface area contributed by atoms with Crippen LogP contribution >= 0.6 is 0 Å². The van der Waals surface area contributed by atoms with E-state index < -0.39 is 0 Å². The highest BCUT2D eigenvalue weighted by Gasteiger charge is 2.08. The molecule has 3 N–H and O–H groups in total. The Balaban J connectivity index is 1.84. The van der Waals surface area contributed by atoms with E-state index in [2.05, 4.69) is 10.4 Å². The van der Waals surface area contributed by atoms with Crippen molar-refractivity contribution in [1.82, 2.24) is 14.7 Å². The van der Waals surface area contributed by atoms with Crippen molar-refractivity contribution in [2.24, 2.45) is 7.05 Å². The van der Waals surface area contributed by atoms with Crippen LogP contribution in [0.5, 0.6) is 0 Å². The lowest BCUT2D eigenvalue weighted by Crippen LogP contribution is -2.29. The van der Waals surface area contributed by atoms with Gasteiger partial charge in [-0.3, -0.25) is 14.4 Å². The van der Waals surface area contributed by atoms with E-state index >= 15 is 0 Å². The Morgan fingerprint density at radius 2 is 2.30 bits per heavy atom. The molecule has 0 saturated carbocycles. The van der Waals surface area contributed by atoms with E-state index in [-0.39, 0.29) is 5.91 Å². The van der Waals surface area contributed by atoms with Crippen molar-refractivity contribution in [3.05, 3.63) is 42.2 Å². The van der Waals surface area contributed by atoms with E-state index in [4.69, 9.17) is 5.73 Å². The third-order valence-corrected chi connectivity index (χ3v) is 2.79. The van der Waals surface area contributed by atoms with E-state index in [0.29, 0.717) is 24.5 Å². The second-order valence-corrected chi connectivity index (χ2v) is 4.87. The van der Waals surface area contributed by atoms with Crippen LogP contribution in [0.2, 0.25) is 0 Å². The summed E-state index contributed by atoms with van der Waals surface area (Å²) in [6, 6.07) is 7.14. The fraction of sp³-hybridized carbons (Fsp3) is 0.286. The molecule has 1 aromatic heterocycles. The molecule has 2 rings (SSSR count). The predicted octanol–water partition coefficient (Wildman–Crippen LogP) is 1.07. The largest absolute Gasteiger partial charge is 0.399 e. The maximum atomic E-state index is 11.9. The molecule has 20 heavy (non-hydrogen) atoms. The number of aryl methyl sites for hydroxylation is 1. The van der Waals surface area contributed by atoms with Gasteiger partial charge >= 0.3 is 0 Å². The number of nitrogens with one attached hydrogen (secondary N) is 1. The molecule has 0 saturated heterocycles. The number of rotatable bonds is 5. The minimum Gasteiger partial charge on any atom is -0.399 e. The van der Waals surface area contributed by atoms with Gasteiger partial charge in [0, 0.05) is 36.7 Å². The number of nitrogen functional groups attached to an aromatic ring is 1. The summed E-state index contributed by atoms with van der Waals surface area (Å²) in [5.41, 5.74) is 8.09. The number of likely N-dealkylation sites (N-methyl/N-ethyl adjacent to an activating group) is 1. The first kappa shape index (κ1) is 14.1. The molecule has 6 nitrogen and oxygen atoms in total. The Morgan fingerprint density at radius 3 is 2.95 bits per heavy atom. The standard InChI is InChI=1S/C14H19N5O/c1-18(8-11-7-16-19(2)9-11)10-14(20)17-13-5-3-4-12(15)6-13/h3-7,9H,8,10,15H2,1-2H3,(H,17,20). The summed E-state index contributed by atoms with van der Waals surface area (Å²) in [6.45, 7) is 0.988. The minimum atomic E-state index is -0.0676. The molecule has 1 heterocycles. The van der Waals surface area contributed by atoms with Crippen LogP contribution in [0.3, 0.4) is 0 Å². The van der Waals surface area contributed by atoms with Crippen molar-refractivity contribution in [2.45, 2.75) is 6.54 Å². The Kier molecular flexibility index (Phi) is 4.37. The average Bonchev–Trinajstić information content (AvgIpc) is 2.74. The van der Waals surface area contributed by atoms with Gasteiger partial charge in [-0.05, 0) is 25.2 Å². The van der Waals surface area contributed by atoms with Crippen LogP contribution in [0.4, 0.5) is 11.4 Å². The number of amides is 1. The summed E-state index contributed by atoms with van der Waals surface area (Å²) in [5.74, 6) is -0.0676. The van der Waals surface area contributed by atoms with Gasteiger partial charge in [0.25, 0.3) is 0 Å². The zero-order valence-electron chi connectivity index (χ0n) is 11.7. The van der Waals surface area contributed by atoms with E-state index in [9.17, 15) is 4.79 Å². The van der Waals surface area contributed by atoms with E-state index in [1.165, 1.54) is 0 Å². The quantitative estimate of drug-likeness (QED) is 0.799. The molecule has 0 aliphatic carbocycles. The van der Waals surface area contributed by atoms with E-state index in [1.807, 2.05) is 37.3 Å². The minimum absolute atomic E-state index is 0.0676. The second kappa shape index (κ2) is 6.21. The van der Waals surface area contributed by atoms with Gasteiger partial charge in [-0.1, -0.05) is 6.07 Å². The average molecular weight is 273 g/mol. The maximum Gasteiger partial charge on any atom is 0.238 e. The molecule has 106 valence electrons. The number of nitrogens with zero attached hydrogens (tertiary/aromatic N) is 3. The van der Waals surface area contributed by atoms with Gasteiger partial charge in [-0.15, -0.1) is 0 Å². The van der Waals surface area contributed by atoms with Gasteiger partial charge < -0.3 is 11.1 Å². The van der Waals surface area contributed by atoms with Crippen molar-refractivity contribution >= 4 is 17.3 Å². The monoisotopic (exact) mass is 273 g/mol. The summed E-state index contributed by atoms with van der Waals surface area (Å²) < 4.78 is 1.75. The van der Waals surface area contributed by atoms with Gasteiger partial charge in [0.05, 0.1) is 12.7 Å². The van der Waals surface area contributed by atoms with Crippen LogP contribution in [0, 0.1) is 0 Å². The highest BCUT2D eigenvalue weighted by molar-refractivity contribution is 5.92. The lowest BCUT2D eigenvalue weighted by molar-refractivity contribution is -0.117. The number of hydrogen-bond donors (Lipinski definition) is 2. The lowest BCUT2D eigenvalue weighted by Gasteiger charge is -2.15. The van der Waals surface area contributed by atoms with Crippen LogP contribution in [-0.4, -0.2) is 34.2 Å². The molecule has 0 aliphatic rings. The van der Waals surface area contributed by atoms with Crippen LogP contribution in [0.25, 0.3) is 0 Å². The molecule has 0 unspecified atom stereocenters. The molecular formula is C14H19N5O. The third kappa shape index (κ3) is 4.10. The third-order valence-electron chi connectivity index (χ3n) is 2.79. The highest BCUT2D eigenvalue weighted by Crippen LogP contribution is 2.11. The summed E-state index contributed by atoms with van der Waals surface area (Å²) in [5, 5.41) is 6.93. The highest BCUT2D eigenvalue weighted by atomic mass is 16.2. The van der Waals surface area contributed by atoms with Crippen molar-refractivity contribution in [3.8, 4) is 0 Å². The van der Waals surface area contributed by atoms with Gasteiger partial charge in [-0.25, -0.2) is 0 Å². The molecule has 0 bridgehead atoms. The fourth-order valence-corrected chi connectivity index (χ4v) is 1.98. The zero-order chi connectivity index (χ0) is 14.5. The van der Waals surface area contributed by atoms with E-state index in [0.717, 1.165) is 5.56 Å². The molecule has 2 aromatic rings. The Labute approximate surface area is 118 Å². The normalized spacial score (nSPS) is 10.8. The van der Waals surface area contributed by atoms with Gasteiger partial charge in [-0.2, -0.15) is 5.10 Å². The number of hydrogen-bond acceptors (Lipinski definition) is 4. The topological polar surface area (TPSA) is 76.2 Å². The van der Waals surface area contributed by atoms with Crippen LogP contribution in [0.1, 0.15) is 5.56 Å². The van der Waals surface area contributed by atoms with Crippen LogP contribution in [-0.2, 0) is 18.4 Å². The molecule has 1 amide bonds. The molecule has 1 aromatic carbocycles. The first-order valence-corrected chi connectivity index (χ1v) is 6.34. The van der Waals surface area contributed by atoms with Gasteiger partial charge in [0.1, 0.15) is 0 Å². The lowest BCUT2D eigenvalue weighted by atomic mass is 10.3. The Hall–Kier alpha value is -2.34. The number of carbonyl (C=O) groups is 1. The predicted molar refractivity (Wildman–Crippen MR) is 79.0 cm³/mol. The number of carbonyl (C=O) groups excluding carboxylic acids is 1. The number of anilines is 2. The molecule has 0 atom stereocenters. The van der Waals surface area contributed by atoms with Crippen LogP contribution < -0.4 is 11.1 Å². The number of nitrogens with two attached hydrogens (primary N) is 1. The van der Waals surface area contributed by atoms with Crippen molar-refractivity contribution in [1.29, 1.82) is 0 Å². The molecular weight excluding hydrogens is 254 g/mol. The smallest absolute Gasteiger partial charge is 0.238 e. The first-order valence-electron chi connectivity index (χ1n) is 6.34.